The summed E-state index contributed by atoms with van der Waals surface area (Å²) in [6.07, 6.45) is 2.09. The number of carbonyl (C=O) groups is 3. The molecule has 3 rings (SSSR count). The highest BCUT2D eigenvalue weighted by atomic mass is 19.1. The summed E-state index contributed by atoms with van der Waals surface area (Å²) in [7, 11) is 0. The van der Waals surface area contributed by atoms with Gasteiger partial charge in [0, 0.05) is 32.6 Å². The molecule has 0 spiro atoms. The maximum absolute atomic E-state index is 13.0. The van der Waals surface area contributed by atoms with Gasteiger partial charge in [-0.2, -0.15) is 0 Å². The second-order valence-corrected chi connectivity index (χ2v) is 7.47. The van der Waals surface area contributed by atoms with Gasteiger partial charge in [0.25, 0.3) is 0 Å². The quantitative estimate of drug-likeness (QED) is 0.697. The molecule has 0 N–H and O–H groups in total. The third-order valence-electron chi connectivity index (χ3n) is 5.57. The first-order valence-electron chi connectivity index (χ1n) is 9.95. The highest BCUT2D eigenvalue weighted by Gasteiger charge is 2.38. The van der Waals surface area contributed by atoms with Gasteiger partial charge in [0.1, 0.15) is 5.82 Å². The predicted molar refractivity (Wildman–Crippen MR) is 101 cm³/mol. The van der Waals surface area contributed by atoms with Crippen LogP contribution in [-0.2, 0) is 25.5 Å². The lowest BCUT2D eigenvalue weighted by molar-refractivity contribution is -0.151. The number of benzene rings is 1. The van der Waals surface area contributed by atoms with E-state index in [1.807, 2.05) is 0 Å². The van der Waals surface area contributed by atoms with E-state index < -0.39 is 0 Å². The van der Waals surface area contributed by atoms with Gasteiger partial charge in [0.2, 0.25) is 11.8 Å². The van der Waals surface area contributed by atoms with Crippen molar-refractivity contribution in [3.63, 3.8) is 0 Å². The van der Waals surface area contributed by atoms with Crippen molar-refractivity contribution in [3.8, 4) is 0 Å². The van der Waals surface area contributed by atoms with E-state index in [1.54, 1.807) is 28.9 Å². The van der Waals surface area contributed by atoms with Gasteiger partial charge in [0.05, 0.1) is 18.4 Å². The molecule has 1 aromatic rings. The molecule has 2 heterocycles. The van der Waals surface area contributed by atoms with Gasteiger partial charge in [-0.05, 0) is 43.9 Å². The number of piperidine rings is 1. The average molecular weight is 390 g/mol. The van der Waals surface area contributed by atoms with Gasteiger partial charge < -0.3 is 14.5 Å². The third-order valence-corrected chi connectivity index (χ3v) is 5.57. The Labute approximate surface area is 164 Å². The molecule has 152 valence electrons. The molecular formula is C21H27FN2O4. The Bertz CT molecular complexity index is 714. The molecule has 7 heteroatoms. The van der Waals surface area contributed by atoms with Crippen molar-refractivity contribution in [3.05, 3.63) is 35.6 Å². The van der Waals surface area contributed by atoms with Crippen LogP contribution in [0.5, 0.6) is 0 Å². The van der Waals surface area contributed by atoms with Crippen molar-refractivity contribution >= 4 is 17.8 Å². The minimum Gasteiger partial charge on any atom is -0.466 e. The lowest BCUT2D eigenvalue weighted by Gasteiger charge is -2.32. The van der Waals surface area contributed by atoms with Crippen LogP contribution >= 0.6 is 0 Å². The number of amides is 2. The summed E-state index contributed by atoms with van der Waals surface area (Å²) in [5.74, 6) is -0.931. The molecule has 0 aliphatic carbocycles. The van der Waals surface area contributed by atoms with E-state index in [-0.39, 0.29) is 41.9 Å². The van der Waals surface area contributed by atoms with Crippen molar-refractivity contribution < 1.29 is 23.5 Å². The Balaban J connectivity index is 1.47. The Morgan fingerprint density at radius 2 is 1.82 bits per heavy atom. The monoisotopic (exact) mass is 390 g/mol. The van der Waals surface area contributed by atoms with E-state index in [4.69, 9.17) is 4.74 Å². The molecule has 2 amide bonds. The molecule has 0 aromatic heterocycles. The van der Waals surface area contributed by atoms with Crippen molar-refractivity contribution in [1.82, 2.24) is 9.80 Å². The molecule has 2 fully saturated rings. The van der Waals surface area contributed by atoms with Crippen LogP contribution in [0.3, 0.4) is 0 Å². The summed E-state index contributed by atoms with van der Waals surface area (Å²) >= 11 is 0. The van der Waals surface area contributed by atoms with Crippen LogP contribution in [-0.4, -0.2) is 60.4 Å². The summed E-state index contributed by atoms with van der Waals surface area (Å²) in [6.45, 7) is 4.17. The number of carbonyl (C=O) groups excluding carboxylic acids is 3. The average Bonchev–Trinajstić information content (AvgIpc) is 3.08. The van der Waals surface area contributed by atoms with Crippen molar-refractivity contribution in [2.24, 2.45) is 11.8 Å². The van der Waals surface area contributed by atoms with E-state index in [0.29, 0.717) is 52.0 Å². The van der Waals surface area contributed by atoms with Crippen LogP contribution in [0, 0.1) is 17.7 Å². The number of hydrogen-bond acceptors (Lipinski definition) is 4. The fourth-order valence-corrected chi connectivity index (χ4v) is 3.92. The third kappa shape index (κ3) is 4.88. The Morgan fingerprint density at radius 3 is 2.46 bits per heavy atom. The van der Waals surface area contributed by atoms with E-state index in [1.165, 1.54) is 12.1 Å². The lowest BCUT2D eigenvalue weighted by Crippen LogP contribution is -2.44. The topological polar surface area (TPSA) is 66.9 Å². The first kappa shape index (κ1) is 20.3. The number of rotatable bonds is 6. The van der Waals surface area contributed by atoms with Crippen LogP contribution in [0.4, 0.5) is 4.39 Å². The summed E-state index contributed by atoms with van der Waals surface area (Å²) in [5.41, 5.74) is 0.963. The van der Waals surface area contributed by atoms with Crippen LogP contribution in [0.2, 0.25) is 0 Å². The SMILES string of the molecule is CCOC(=O)C1CCN(C(=O)C2CC(=O)N(CCc3ccc(F)cc3)C2)CC1. The molecule has 6 nitrogen and oxygen atoms in total. The van der Waals surface area contributed by atoms with Gasteiger partial charge in [-0.15, -0.1) is 0 Å². The second-order valence-electron chi connectivity index (χ2n) is 7.47. The molecule has 0 saturated carbocycles. The predicted octanol–water partition coefficient (Wildman–Crippen LogP) is 2.02. The van der Waals surface area contributed by atoms with Crippen LogP contribution in [0.1, 0.15) is 31.7 Å². The van der Waals surface area contributed by atoms with Gasteiger partial charge in [-0.3, -0.25) is 14.4 Å². The summed E-state index contributed by atoms with van der Waals surface area (Å²) in [6, 6.07) is 6.25. The fourth-order valence-electron chi connectivity index (χ4n) is 3.92. The Hall–Kier alpha value is -2.44. The largest absolute Gasteiger partial charge is 0.466 e. The van der Waals surface area contributed by atoms with E-state index in [2.05, 4.69) is 0 Å². The van der Waals surface area contributed by atoms with Gasteiger partial charge >= 0.3 is 5.97 Å². The second kappa shape index (κ2) is 9.17. The van der Waals surface area contributed by atoms with Gasteiger partial charge in [0.15, 0.2) is 0 Å². The normalized spacial score (nSPS) is 20.5. The van der Waals surface area contributed by atoms with Crippen LogP contribution in [0.15, 0.2) is 24.3 Å². The number of halogens is 1. The number of esters is 1. The number of likely N-dealkylation sites (tertiary alicyclic amines) is 2. The molecule has 1 atom stereocenters. The summed E-state index contributed by atoms with van der Waals surface area (Å²) in [5, 5.41) is 0. The molecule has 0 bridgehead atoms. The Morgan fingerprint density at radius 1 is 1.14 bits per heavy atom. The fraction of sp³-hybridized carbons (Fsp3) is 0.571. The standard InChI is InChI=1S/C21H27FN2O4/c1-2-28-21(27)16-8-11-23(12-9-16)20(26)17-13-19(25)24(14-17)10-7-15-3-5-18(22)6-4-15/h3-6,16-17H,2,7-14H2,1H3. The highest BCUT2D eigenvalue weighted by molar-refractivity contribution is 5.89. The first-order valence-corrected chi connectivity index (χ1v) is 9.95. The van der Waals surface area contributed by atoms with E-state index >= 15 is 0 Å². The van der Waals surface area contributed by atoms with E-state index in [9.17, 15) is 18.8 Å². The zero-order chi connectivity index (χ0) is 20.1. The van der Waals surface area contributed by atoms with Crippen molar-refractivity contribution in [2.45, 2.75) is 32.6 Å². The molecular weight excluding hydrogens is 363 g/mol. The molecule has 1 unspecified atom stereocenters. The highest BCUT2D eigenvalue weighted by Crippen LogP contribution is 2.25. The number of nitrogens with zero attached hydrogens (tertiary/aromatic N) is 2. The lowest BCUT2D eigenvalue weighted by atomic mass is 9.95. The minimum absolute atomic E-state index is 0.0000546. The zero-order valence-electron chi connectivity index (χ0n) is 16.2. The molecule has 2 aliphatic rings. The van der Waals surface area contributed by atoms with Crippen LogP contribution < -0.4 is 0 Å². The zero-order valence-corrected chi connectivity index (χ0v) is 16.2. The van der Waals surface area contributed by atoms with Crippen molar-refractivity contribution in [1.29, 1.82) is 0 Å². The molecule has 0 radical (unpaired) electrons. The van der Waals surface area contributed by atoms with E-state index in [0.717, 1.165) is 5.56 Å². The maximum atomic E-state index is 13.0. The minimum atomic E-state index is -0.320. The molecule has 2 saturated heterocycles. The number of hydrogen-bond donors (Lipinski definition) is 0. The molecule has 2 aliphatic heterocycles. The number of ether oxygens (including phenoxy) is 1. The molecule has 1 aromatic carbocycles. The maximum Gasteiger partial charge on any atom is 0.309 e. The van der Waals surface area contributed by atoms with Gasteiger partial charge in [-0.1, -0.05) is 12.1 Å². The van der Waals surface area contributed by atoms with Crippen LogP contribution in [0.25, 0.3) is 0 Å². The summed E-state index contributed by atoms with van der Waals surface area (Å²) in [4.78, 5) is 40.4. The summed E-state index contributed by atoms with van der Waals surface area (Å²) < 4.78 is 18.0. The van der Waals surface area contributed by atoms with Crippen molar-refractivity contribution in [2.75, 3.05) is 32.8 Å². The first-order chi connectivity index (χ1) is 13.5. The molecule has 28 heavy (non-hydrogen) atoms. The Kier molecular flexibility index (Phi) is 6.65. The smallest absolute Gasteiger partial charge is 0.309 e. The van der Waals surface area contributed by atoms with Gasteiger partial charge in [-0.25, -0.2) is 4.39 Å².